The van der Waals surface area contributed by atoms with E-state index >= 15 is 0 Å². The molecule has 6 nitrogen and oxygen atoms in total. The van der Waals surface area contributed by atoms with E-state index in [0.717, 1.165) is 10.8 Å². The van der Waals surface area contributed by atoms with Gasteiger partial charge in [-0.25, -0.2) is 10.2 Å². The van der Waals surface area contributed by atoms with Crippen LogP contribution in [0.3, 0.4) is 0 Å². The lowest BCUT2D eigenvalue weighted by atomic mass is 10.0. The fourth-order valence-corrected chi connectivity index (χ4v) is 4.03. The summed E-state index contributed by atoms with van der Waals surface area (Å²) in [5.41, 5.74) is 3.74. The third kappa shape index (κ3) is 4.76. The van der Waals surface area contributed by atoms with Crippen molar-refractivity contribution in [2.24, 2.45) is 5.10 Å². The maximum Gasteiger partial charge on any atom is 0.341 e. The van der Waals surface area contributed by atoms with Gasteiger partial charge >= 0.3 is 5.97 Å². The molecular formula is C20H14Br2N2O4. The van der Waals surface area contributed by atoms with Crippen LogP contribution in [0.15, 0.2) is 68.6 Å². The molecule has 2 N–H and O–H groups in total. The summed E-state index contributed by atoms with van der Waals surface area (Å²) < 4.78 is 6.34. The second-order valence-electron chi connectivity index (χ2n) is 5.72. The molecule has 1 amide bonds. The predicted molar refractivity (Wildman–Crippen MR) is 114 cm³/mol. The highest BCUT2D eigenvalue weighted by Gasteiger charge is 2.11. The number of hydrazone groups is 1. The van der Waals surface area contributed by atoms with E-state index < -0.39 is 12.6 Å². The van der Waals surface area contributed by atoms with Crippen LogP contribution in [0.2, 0.25) is 0 Å². The third-order valence-corrected chi connectivity index (χ3v) is 4.95. The molecule has 0 aliphatic carbocycles. The van der Waals surface area contributed by atoms with Gasteiger partial charge in [-0.05, 0) is 66.4 Å². The van der Waals surface area contributed by atoms with Crippen molar-refractivity contribution in [3.05, 3.63) is 74.7 Å². The minimum absolute atomic E-state index is 0.312. The zero-order valence-corrected chi connectivity index (χ0v) is 17.5. The average Bonchev–Trinajstić information content (AvgIpc) is 2.66. The van der Waals surface area contributed by atoms with Crippen molar-refractivity contribution in [1.82, 2.24) is 5.43 Å². The van der Waals surface area contributed by atoms with Crippen LogP contribution in [-0.2, 0) is 4.79 Å². The molecule has 0 aliphatic rings. The summed E-state index contributed by atoms with van der Waals surface area (Å²) in [5.74, 6) is -1.01. The zero-order chi connectivity index (χ0) is 20.1. The Morgan fingerprint density at radius 2 is 1.75 bits per heavy atom. The van der Waals surface area contributed by atoms with E-state index in [0.29, 0.717) is 25.8 Å². The van der Waals surface area contributed by atoms with Gasteiger partial charge < -0.3 is 9.84 Å². The number of carboxylic acid groups (broad SMARTS) is 1. The molecule has 0 saturated carbocycles. The maximum absolute atomic E-state index is 12.5. The van der Waals surface area contributed by atoms with Gasteiger partial charge in [0.2, 0.25) is 0 Å². The summed E-state index contributed by atoms with van der Waals surface area (Å²) in [6.45, 7) is -0.453. The Kier molecular flexibility index (Phi) is 6.43. The van der Waals surface area contributed by atoms with Gasteiger partial charge in [-0.3, -0.25) is 4.79 Å². The van der Waals surface area contributed by atoms with E-state index in [-0.39, 0.29) is 5.91 Å². The quantitative estimate of drug-likeness (QED) is 0.378. The molecule has 0 atom stereocenters. The highest BCUT2D eigenvalue weighted by Crippen LogP contribution is 2.34. The molecule has 3 aromatic rings. The molecule has 3 rings (SSSR count). The fraction of sp³-hybridized carbons (Fsp3) is 0.0500. The number of benzene rings is 3. The number of hydrogen-bond acceptors (Lipinski definition) is 4. The predicted octanol–water partition coefficient (Wildman–Crippen LogP) is 4.59. The molecule has 8 heteroatoms. The number of aliphatic carboxylic acids is 1. The van der Waals surface area contributed by atoms with Crippen molar-refractivity contribution in [3.8, 4) is 5.75 Å². The molecule has 0 bridgehead atoms. The number of nitrogens with zero attached hydrogens (tertiary/aromatic N) is 1. The zero-order valence-electron chi connectivity index (χ0n) is 14.4. The Labute approximate surface area is 177 Å². The number of carbonyl (C=O) groups is 2. The number of carboxylic acids is 1. The number of hydrogen-bond donors (Lipinski definition) is 2. The summed E-state index contributed by atoms with van der Waals surface area (Å²) in [5, 5.41) is 14.6. The summed E-state index contributed by atoms with van der Waals surface area (Å²) >= 11 is 6.67. The highest BCUT2D eigenvalue weighted by atomic mass is 79.9. The molecule has 0 aliphatic heterocycles. The number of amides is 1. The Balaban J connectivity index is 1.73. The van der Waals surface area contributed by atoms with Gasteiger partial charge in [0.25, 0.3) is 5.91 Å². The lowest BCUT2D eigenvalue weighted by Crippen LogP contribution is -2.17. The molecule has 0 radical (unpaired) electrons. The molecule has 0 unspecified atom stereocenters. The van der Waals surface area contributed by atoms with Gasteiger partial charge in [-0.15, -0.1) is 0 Å². The van der Waals surface area contributed by atoms with Crippen molar-refractivity contribution in [1.29, 1.82) is 0 Å². The van der Waals surface area contributed by atoms with Crippen molar-refractivity contribution >= 4 is 60.7 Å². The minimum Gasteiger partial charge on any atom is -0.480 e. The fourth-order valence-electron chi connectivity index (χ4n) is 2.57. The second-order valence-corrected chi connectivity index (χ2v) is 7.43. The molecular weight excluding hydrogens is 492 g/mol. The Morgan fingerprint density at radius 1 is 1.07 bits per heavy atom. The van der Waals surface area contributed by atoms with Crippen LogP contribution in [0, 0.1) is 0 Å². The number of fused-ring (bicyclic) bond motifs is 1. The molecule has 28 heavy (non-hydrogen) atoms. The van der Waals surface area contributed by atoms with Crippen molar-refractivity contribution in [2.75, 3.05) is 6.61 Å². The summed E-state index contributed by atoms with van der Waals surface area (Å²) in [6.07, 6.45) is 1.49. The Morgan fingerprint density at radius 3 is 2.46 bits per heavy atom. The molecule has 0 spiro atoms. The monoisotopic (exact) mass is 504 g/mol. The largest absolute Gasteiger partial charge is 0.480 e. The minimum atomic E-state index is -1.07. The topological polar surface area (TPSA) is 88.0 Å². The van der Waals surface area contributed by atoms with E-state index in [2.05, 4.69) is 42.4 Å². The lowest BCUT2D eigenvalue weighted by molar-refractivity contribution is -0.139. The van der Waals surface area contributed by atoms with Crippen LogP contribution in [0.5, 0.6) is 5.75 Å². The van der Waals surface area contributed by atoms with Crippen LogP contribution in [0.4, 0.5) is 0 Å². The number of ether oxygens (including phenoxy) is 1. The lowest BCUT2D eigenvalue weighted by Gasteiger charge is -2.09. The number of rotatable bonds is 6. The van der Waals surface area contributed by atoms with E-state index in [1.807, 2.05) is 36.4 Å². The SMILES string of the molecule is O=C(O)COc1c(Br)cc(/C=N\NC(=O)c2cccc3ccccc23)cc1Br. The van der Waals surface area contributed by atoms with E-state index in [4.69, 9.17) is 9.84 Å². The van der Waals surface area contributed by atoms with Crippen LogP contribution in [-0.4, -0.2) is 29.8 Å². The Hall–Kier alpha value is -2.71. The summed E-state index contributed by atoms with van der Waals surface area (Å²) in [4.78, 5) is 23.1. The molecule has 0 aromatic heterocycles. The second kappa shape index (κ2) is 8.99. The first-order chi connectivity index (χ1) is 13.5. The molecule has 3 aromatic carbocycles. The van der Waals surface area contributed by atoms with Crippen LogP contribution in [0.25, 0.3) is 10.8 Å². The van der Waals surface area contributed by atoms with Crippen molar-refractivity contribution in [3.63, 3.8) is 0 Å². The standard InChI is InChI=1S/C20H14Br2N2O4/c21-16-8-12(9-17(22)19(16)28-11-18(25)26)10-23-24-20(27)15-7-3-5-13-4-1-2-6-14(13)15/h1-10H,11H2,(H,24,27)(H,25,26)/b23-10-. The van der Waals surface area contributed by atoms with Gasteiger partial charge in [-0.2, -0.15) is 5.10 Å². The van der Waals surface area contributed by atoms with Crippen molar-refractivity contribution in [2.45, 2.75) is 0 Å². The Bertz CT molecular complexity index is 1050. The van der Waals surface area contributed by atoms with Crippen LogP contribution in [0.1, 0.15) is 15.9 Å². The van der Waals surface area contributed by atoms with Crippen LogP contribution >= 0.6 is 31.9 Å². The van der Waals surface area contributed by atoms with E-state index in [9.17, 15) is 9.59 Å². The smallest absolute Gasteiger partial charge is 0.341 e. The first kappa shape index (κ1) is 20.0. The molecule has 0 heterocycles. The summed E-state index contributed by atoms with van der Waals surface area (Å²) in [6, 6.07) is 16.5. The van der Waals surface area contributed by atoms with E-state index in [1.165, 1.54) is 6.21 Å². The number of nitrogens with one attached hydrogen (secondary N) is 1. The molecule has 142 valence electrons. The summed E-state index contributed by atoms with van der Waals surface area (Å²) in [7, 11) is 0. The van der Waals surface area contributed by atoms with Gasteiger partial charge in [0.05, 0.1) is 15.2 Å². The van der Waals surface area contributed by atoms with Gasteiger partial charge in [0.15, 0.2) is 6.61 Å². The van der Waals surface area contributed by atoms with Gasteiger partial charge in [0.1, 0.15) is 5.75 Å². The average molecular weight is 506 g/mol. The van der Waals surface area contributed by atoms with Gasteiger partial charge in [-0.1, -0.05) is 36.4 Å². The number of halogens is 2. The number of carbonyl (C=O) groups excluding carboxylic acids is 1. The highest BCUT2D eigenvalue weighted by molar-refractivity contribution is 9.11. The van der Waals surface area contributed by atoms with Gasteiger partial charge in [0, 0.05) is 5.56 Å². The van der Waals surface area contributed by atoms with E-state index in [1.54, 1.807) is 18.2 Å². The van der Waals surface area contributed by atoms with Crippen LogP contribution < -0.4 is 10.2 Å². The normalized spacial score (nSPS) is 10.9. The first-order valence-electron chi connectivity index (χ1n) is 8.10. The molecule has 0 fully saturated rings. The van der Waals surface area contributed by atoms with Crippen molar-refractivity contribution < 1.29 is 19.4 Å². The molecule has 0 saturated heterocycles. The third-order valence-electron chi connectivity index (χ3n) is 3.77. The first-order valence-corrected chi connectivity index (χ1v) is 9.69. The maximum atomic E-state index is 12.5.